The van der Waals surface area contributed by atoms with E-state index >= 15 is 0 Å². The van der Waals surface area contributed by atoms with Crippen LogP contribution in [0.5, 0.6) is 0 Å². The van der Waals surface area contributed by atoms with Crippen molar-refractivity contribution in [2.75, 3.05) is 11.1 Å². The molecule has 0 bridgehead atoms. The minimum atomic E-state index is 0.724. The van der Waals surface area contributed by atoms with Crippen molar-refractivity contribution >= 4 is 48.9 Å². The lowest BCUT2D eigenvalue weighted by Gasteiger charge is -2.12. The Labute approximate surface area is 117 Å². The summed E-state index contributed by atoms with van der Waals surface area (Å²) in [4.78, 5) is 0. The van der Waals surface area contributed by atoms with Crippen LogP contribution in [-0.2, 0) is 0 Å². The van der Waals surface area contributed by atoms with Gasteiger partial charge in [0.25, 0.3) is 0 Å². The van der Waals surface area contributed by atoms with Gasteiger partial charge in [-0.1, -0.05) is 31.9 Å². The van der Waals surface area contributed by atoms with E-state index in [0.717, 1.165) is 26.0 Å². The van der Waals surface area contributed by atoms with Crippen molar-refractivity contribution in [2.45, 2.75) is 6.92 Å². The quantitative estimate of drug-likeness (QED) is 0.756. The number of hydrogen-bond donors (Lipinski definition) is 2. The van der Waals surface area contributed by atoms with Crippen molar-refractivity contribution < 1.29 is 0 Å². The Morgan fingerprint density at radius 2 is 1.53 bits per heavy atom. The molecule has 2 aromatic rings. The number of benzene rings is 2. The first-order chi connectivity index (χ1) is 8.06. The second-order valence-electron chi connectivity index (χ2n) is 3.82. The molecule has 0 fully saturated rings. The van der Waals surface area contributed by atoms with Gasteiger partial charge in [0.15, 0.2) is 0 Å². The Morgan fingerprint density at radius 1 is 0.941 bits per heavy atom. The van der Waals surface area contributed by atoms with Gasteiger partial charge in [-0.05, 0) is 48.9 Å². The summed E-state index contributed by atoms with van der Waals surface area (Å²) in [7, 11) is 0. The normalized spacial score (nSPS) is 10.3. The summed E-state index contributed by atoms with van der Waals surface area (Å²) >= 11 is 6.84. The molecule has 2 aromatic carbocycles. The van der Waals surface area contributed by atoms with Gasteiger partial charge in [0.05, 0.1) is 11.4 Å². The fourth-order valence-electron chi connectivity index (χ4n) is 1.56. The number of halogens is 2. The first-order valence-corrected chi connectivity index (χ1v) is 6.73. The van der Waals surface area contributed by atoms with Crippen LogP contribution in [0.4, 0.5) is 17.1 Å². The maximum atomic E-state index is 5.95. The van der Waals surface area contributed by atoms with Crippen LogP contribution in [0.25, 0.3) is 0 Å². The SMILES string of the molecule is Cc1cc(Br)ccc1Nc1ccc(Br)cc1N. The van der Waals surface area contributed by atoms with E-state index in [1.807, 2.05) is 30.3 Å². The Bertz CT molecular complexity index is 504. The molecule has 0 aliphatic rings. The van der Waals surface area contributed by atoms with Crippen LogP contribution >= 0.6 is 31.9 Å². The molecule has 0 amide bonds. The smallest absolute Gasteiger partial charge is 0.0618 e. The fourth-order valence-corrected chi connectivity index (χ4v) is 2.41. The average Bonchev–Trinajstić information content (AvgIpc) is 2.25. The molecule has 0 aromatic heterocycles. The van der Waals surface area contributed by atoms with Gasteiger partial charge in [-0.2, -0.15) is 0 Å². The lowest BCUT2D eigenvalue weighted by Crippen LogP contribution is -1.97. The number of nitrogen functional groups attached to an aromatic ring is 1. The molecule has 0 unspecified atom stereocenters. The number of aryl methyl sites for hydroxylation is 1. The summed E-state index contributed by atoms with van der Waals surface area (Å²) in [5.74, 6) is 0. The molecule has 0 spiro atoms. The third kappa shape index (κ3) is 3.01. The van der Waals surface area contributed by atoms with E-state index in [1.165, 1.54) is 5.56 Å². The van der Waals surface area contributed by atoms with Gasteiger partial charge < -0.3 is 11.1 Å². The highest BCUT2D eigenvalue weighted by Crippen LogP contribution is 2.28. The molecule has 0 atom stereocenters. The summed E-state index contributed by atoms with van der Waals surface area (Å²) in [6.45, 7) is 2.06. The fraction of sp³-hybridized carbons (Fsp3) is 0.0769. The van der Waals surface area contributed by atoms with E-state index in [0.29, 0.717) is 0 Å². The first kappa shape index (κ1) is 12.5. The zero-order valence-corrected chi connectivity index (χ0v) is 12.5. The molecular weight excluding hydrogens is 344 g/mol. The first-order valence-electron chi connectivity index (χ1n) is 5.14. The van der Waals surface area contributed by atoms with Gasteiger partial charge in [-0.25, -0.2) is 0 Å². The van der Waals surface area contributed by atoms with Crippen molar-refractivity contribution in [1.82, 2.24) is 0 Å². The minimum Gasteiger partial charge on any atom is -0.397 e. The van der Waals surface area contributed by atoms with Crippen molar-refractivity contribution in [3.63, 3.8) is 0 Å². The third-order valence-corrected chi connectivity index (χ3v) is 3.46. The maximum Gasteiger partial charge on any atom is 0.0618 e. The van der Waals surface area contributed by atoms with Crippen molar-refractivity contribution in [1.29, 1.82) is 0 Å². The summed E-state index contributed by atoms with van der Waals surface area (Å²) in [6.07, 6.45) is 0. The molecular formula is C13H12Br2N2. The zero-order chi connectivity index (χ0) is 12.4. The minimum absolute atomic E-state index is 0.724. The zero-order valence-electron chi connectivity index (χ0n) is 9.30. The summed E-state index contributed by atoms with van der Waals surface area (Å²) in [5.41, 5.74) is 9.81. The third-order valence-electron chi connectivity index (χ3n) is 2.47. The number of hydrogen-bond acceptors (Lipinski definition) is 2. The summed E-state index contributed by atoms with van der Waals surface area (Å²) in [6, 6.07) is 11.9. The number of nitrogens with one attached hydrogen (secondary N) is 1. The Morgan fingerprint density at radius 3 is 2.12 bits per heavy atom. The van der Waals surface area contributed by atoms with E-state index in [9.17, 15) is 0 Å². The largest absolute Gasteiger partial charge is 0.397 e. The molecule has 0 aliphatic carbocycles. The predicted octanol–water partition coefficient (Wildman–Crippen LogP) is 4.85. The van der Waals surface area contributed by atoms with E-state index in [-0.39, 0.29) is 0 Å². The van der Waals surface area contributed by atoms with Gasteiger partial charge in [0.2, 0.25) is 0 Å². The van der Waals surface area contributed by atoms with Crippen LogP contribution < -0.4 is 11.1 Å². The van der Waals surface area contributed by atoms with E-state index in [1.54, 1.807) is 0 Å². The molecule has 88 valence electrons. The molecule has 0 heterocycles. The lowest BCUT2D eigenvalue weighted by molar-refractivity contribution is 1.41. The van der Waals surface area contributed by atoms with Crippen molar-refractivity contribution in [3.05, 3.63) is 50.9 Å². The lowest BCUT2D eigenvalue weighted by atomic mass is 10.2. The Hall–Kier alpha value is -1.00. The topological polar surface area (TPSA) is 38.0 Å². The van der Waals surface area contributed by atoms with E-state index in [2.05, 4.69) is 50.2 Å². The number of rotatable bonds is 2. The van der Waals surface area contributed by atoms with Gasteiger partial charge in [-0.15, -0.1) is 0 Å². The standard InChI is InChI=1S/C13H12Br2N2/c1-8-6-9(14)2-4-12(8)17-13-5-3-10(15)7-11(13)16/h2-7,17H,16H2,1H3. The highest BCUT2D eigenvalue weighted by atomic mass is 79.9. The predicted molar refractivity (Wildman–Crippen MR) is 80.7 cm³/mol. The van der Waals surface area contributed by atoms with Crippen LogP contribution in [-0.4, -0.2) is 0 Å². The number of anilines is 3. The maximum absolute atomic E-state index is 5.95. The van der Waals surface area contributed by atoms with Gasteiger partial charge >= 0.3 is 0 Å². The van der Waals surface area contributed by atoms with Gasteiger partial charge in [0.1, 0.15) is 0 Å². The van der Waals surface area contributed by atoms with Crippen LogP contribution in [0.3, 0.4) is 0 Å². The second-order valence-corrected chi connectivity index (χ2v) is 5.65. The van der Waals surface area contributed by atoms with Crippen molar-refractivity contribution in [3.8, 4) is 0 Å². The molecule has 0 radical (unpaired) electrons. The van der Waals surface area contributed by atoms with Crippen LogP contribution in [0.2, 0.25) is 0 Å². The average molecular weight is 356 g/mol. The van der Waals surface area contributed by atoms with Crippen LogP contribution in [0.1, 0.15) is 5.56 Å². The van der Waals surface area contributed by atoms with Crippen molar-refractivity contribution in [2.24, 2.45) is 0 Å². The number of nitrogens with two attached hydrogens (primary N) is 1. The molecule has 0 saturated carbocycles. The molecule has 0 saturated heterocycles. The highest BCUT2D eigenvalue weighted by molar-refractivity contribution is 9.10. The van der Waals surface area contributed by atoms with Gasteiger partial charge in [0, 0.05) is 14.6 Å². The Balaban J connectivity index is 2.31. The summed E-state index contributed by atoms with van der Waals surface area (Å²) in [5, 5.41) is 3.33. The Kier molecular flexibility index (Phi) is 3.74. The molecule has 17 heavy (non-hydrogen) atoms. The highest BCUT2D eigenvalue weighted by Gasteiger charge is 2.03. The van der Waals surface area contributed by atoms with E-state index < -0.39 is 0 Å². The molecule has 0 aliphatic heterocycles. The van der Waals surface area contributed by atoms with Crippen LogP contribution in [0.15, 0.2) is 45.3 Å². The second kappa shape index (κ2) is 5.10. The molecule has 3 N–H and O–H groups in total. The van der Waals surface area contributed by atoms with Gasteiger partial charge in [-0.3, -0.25) is 0 Å². The van der Waals surface area contributed by atoms with E-state index in [4.69, 9.17) is 5.73 Å². The van der Waals surface area contributed by atoms with Crippen LogP contribution in [0, 0.1) is 6.92 Å². The molecule has 4 heteroatoms. The monoisotopic (exact) mass is 354 g/mol. The molecule has 2 rings (SSSR count). The molecule has 2 nitrogen and oxygen atoms in total. The summed E-state index contributed by atoms with van der Waals surface area (Å²) < 4.78 is 2.05.